The molecule has 110 valence electrons. The zero-order chi connectivity index (χ0) is 14.2. The van der Waals surface area contributed by atoms with Gasteiger partial charge in [0.05, 0.1) is 7.11 Å². The lowest BCUT2D eigenvalue weighted by atomic mass is 10.0. The van der Waals surface area contributed by atoms with Gasteiger partial charge in [-0.15, -0.1) is 0 Å². The van der Waals surface area contributed by atoms with E-state index in [2.05, 4.69) is 10.6 Å². The molecule has 2 N–H and O–H groups in total. The molecule has 1 atom stereocenters. The molecule has 0 saturated carbocycles. The molecule has 1 aromatic rings. The molecule has 1 unspecified atom stereocenters. The molecule has 0 aliphatic carbocycles. The third kappa shape index (κ3) is 4.85. The summed E-state index contributed by atoms with van der Waals surface area (Å²) in [7, 11) is 1.65. The summed E-state index contributed by atoms with van der Waals surface area (Å²) in [6.45, 7) is 1.66. The number of methoxy groups -OCH3 is 1. The van der Waals surface area contributed by atoms with Crippen LogP contribution < -0.4 is 15.4 Å². The Balaban J connectivity index is 1.68. The van der Waals surface area contributed by atoms with E-state index in [0.29, 0.717) is 19.0 Å². The van der Waals surface area contributed by atoms with Crippen LogP contribution in [0.5, 0.6) is 5.75 Å². The first kappa shape index (κ1) is 14.9. The van der Waals surface area contributed by atoms with Crippen LogP contribution in [0.15, 0.2) is 24.3 Å². The number of benzene rings is 1. The maximum absolute atomic E-state index is 11.8. The molecule has 4 heteroatoms. The molecular formula is C16H24N2O2. The highest BCUT2D eigenvalue weighted by Gasteiger charge is 2.13. The molecule has 1 fully saturated rings. The van der Waals surface area contributed by atoms with Gasteiger partial charge in [-0.3, -0.25) is 4.79 Å². The van der Waals surface area contributed by atoms with Crippen molar-refractivity contribution in [3.8, 4) is 5.75 Å². The number of ether oxygens (including phenoxy) is 1. The van der Waals surface area contributed by atoms with Crippen molar-refractivity contribution in [2.75, 3.05) is 13.7 Å². The molecule has 1 saturated heterocycles. The van der Waals surface area contributed by atoms with Crippen LogP contribution >= 0.6 is 0 Å². The molecule has 1 heterocycles. The maximum Gasteiger partial charge on any atom is 0.220 e. The average molecular weight is 276 g/mol. The quantitative estimate of drug-likeness (QED) is 0.837. The fourth-order valence-corrected chi connectivity index (χ4v) is 2.55. The SMILES string of the molecule is COc1cccc(CNC(=O)CCC2CCCCN2)c1. The highest BCUT2D eigenvalue weighted by molar-refractivity contribution is 5.75. The van der Waals surface area contributed by atoms with E-state index in [9.17, 15) is 4.79 Å². The van der Waals surface area contributed by atoms with Crippen molar-refractivity contribution in [3.05, 3.63) is 29.8 Å². The Labute approximate surface area is 120 Å². The first-order chi connectivity index (χ1) is 9.78. The van der Waals surface area contributed by atoms with Crippen LogP contribution in [0.3, 0.4) is 0 Å². The highest BCUT2D eigenvalue weighted by Crippen LogP contribution is 2.13. The second-order valence-electron chi connectivity index (χ2n) is 5.31. The summed E-state index contributed by atoms with van der Waals surface area (Å²) in [5.74, 6) is 0.948. The lowest BCUT2D eigenvalue weighted by Crippen LogP contribution is -2.35. The van der Waals surface area contributed by atoms with Crippen LogP contribution in [0.1, 0.15) is 37.7 Å². The largest absolute Gasteiger partial charge is 0.497 e. The third-order valence-electron chi connectivity index (χ3n) is 3.76. The molecule has 1 aromatic carbocycles. The zero-order valence-electron chi connectivity index (χ0n) is 12.2. The summed E-state index contributed by atoms with van der Waals surface area (Å²) in [4.78, 5) is 11.8. The molecule has 4 nitrogen and oxygen atoms in total. The summed E-state index contributed by atoms with van der Waals surface area (Å²) >= 11 is 0. The number of hydrogen-bond acceptors (Lipinski definition) is 3. The Morgan fingerprint density at radius 1 is 1.45 bits per heavy atom. The molecule has 0 radical (unpaired) electrons. The molecule has 0 spiro atoms. The Kier molecular flexibility index (Phi) is 5.87. The minimum atomic E-state index is 0.125. The topological polar surface area (TPSA) is 50.4 Å². The van der Waals surface area contributed by atoms with Crippen LogP contribution in [-0.2, 0) is 11.3 Å². The van der Waals surface area contributed by atoms with Gasteiger partial charge in [0.15, 0.2) is 0 Å². The van der Waals surface area contributed by atoms with Crippen LogP contribution in [0, 0.1) is 0 Å². The summed E-state index contributed by atoms with van der Waals surface area (Å²) in [6, 6.07) is 8.30. The van der Waals surface area contributed by atoms with E-state index in [0.717, 1.165) is 24.3 Å². The standard InChI is InChI=1S/C16H24N2O2/c1-20-15-7-4-5-13(11-15)12-18-16(19)9-8-14-6-2-3-10-17-14/h4-5,7,11,14,17H,2-3,6,8-10,12H2,1H3,(H,18,19). The Hall–Kier alpha value is -1.55. The summed E-state index contributed by atoms with van der Waals surface area (Å²) in [5, 5.41) is 6.43. The first-order valence-corrected chi connectivity index (χ1v) is 7.41. The van der Waals surface area contributed by atoms with Crippen molar-refractivity contribution < 1.29 is 9.53 Å². The van der Waals surface area contributed by atoms with Gasteiger partial charge in [0, 0.05) is 19.0 Å². The maximum atomic E-state index is 11.8. The van der Waals surface area contributed by atoms with Crippen molar-refractivity contribution in [2.24, 2.45) is 0 Å². The molecule has 1 aliphatic rings. The van der Waals surface area contributed by atoms with Crippen molar-refractivity contribution in [1.29, 1.82) is 0 Å². The van der Waals surface area contributed by atoms with Crippen molar-refractivity contribution >= 4 is 5.91 Å². The fraction of sp³-hybridized carbons (Fsp3) is 0.562. The van der Waals surface area contributed by atoms with E-state index in [1.165, 1.54) is 19.3 Å². The number of nitrogens with one attached hydrogen (secondary N) is 2. The molecule has 1 aliphatic heterocycles. The van der Waals surface area contributed by atoms with E-state index in [1.807, 2.05) is 24.3 Å². The minimum Gasteiger partial charge on any atom is -0.497 e. The number of piperidine rings is 1. The normalized spacial score (nSPS) is 18.6. The predicted molar refractivity (Wildman–Crippen MR) is 79.7 cm³/mol. The molecule has 0 aromatic heterocycles. The number of amides is 1. The Morgan fingerprint density at radius 2 is 2.35 bits per heavy atom. The first-order valence-electron chi connectivity index (χ1n) is 7.41. The predicted octanol–water partition coefficient (Wildman–Crippen LogP) is 2.23. The van der Waals surface area contributed by atoms with Crippen LogP contribution in [0.25, 0.3) is 0 Å². The molecular weight excluding hydrogens is 252 g/mol. The molecule has 0 bridgehead atoms. The van der Waals surface area contributed by atoms with E-state index in [-0.39, 0.29) is 5.91 Å². The number of rotatable bonds is 6. The fourth-order valence-electron chi connectivity index (χ4n) is 2.55. The summed E-state index contributed by atoms with van der Waals surface area (Å²) in [5.41, 5.74) is 1.06. The molecule has 20 heavy (non-hydrogen) atoms. The second-order valence-corrected chi connectivity index (χ2v) is 5.31. The van der Waals surface area contributed by atoms with Gasteiger partial charge in [-0.25, -0.2) is 0 Å². The van der Waals surface area contributed by atoms with E-state index in [4.69, 9.17) is 4.74 Å². The number of hydrogen-bond donors (Lipinski definition) is 2. The number of carbonyl (C=O) groups excluding carboxylic acids is 1. The van der Waals surface area contributed by atoms with Crippen molar-refractivity contribution in [3.63, 3.8) is 0 Å². The van der Waals surface area contributed by atoms with Crippen molar-refractivity contribution in [2.45, 2.75) is 44.7 Å². The van der Waals surface area contributed by atoms with Gasteiger partial charge in [0.2, 0.25) is 5.91 Å². The summed E-state index contributed by atoms with van der Waals surface area (Å²) in [6.07, 6.45) is 5.27. The average Bonchev–Trinajstić information content (AvgIpc) is 2.52. The summed E-state index contributed by atoms with van der Waals surface area (Å²) < 4.78 is 5.17. The minimum absolute atomic E-state index is 0.125. The Bertz CT molecular complexity index is 428. The van der Waals surface area contributed by atoms with Gasteiger partial charge in [0.25, 0.3) is 0 Å². The number of carbonyl (C=O) groups is 1. The monoisotopic (exact) mass is 276 g/mol. The van der Waals surface area contributed by atoms with Gasteiger partial charge in [-0.05, 0) is 43.5 Å². The van der Waals surface area contributed by atoms with Crippen molar-refractivity contribution in [1.82, 2.24) is 10.6 Å². The highest BCUT2D eigenvalue weighted by atomic mass is 16.5. The van der Waals surface area contributed by atoms with Gasteiger partial charge in [-0.2, -0.15) is 0 Å². The van der Waals surface area contributed by atoms with Crippen LogP contribution in [0.2, 0.25) is 0 Å². The van der Waals surface area contributed by atoms with Gasteiger partial charge < -0.3 is 15.4 Å². The van der Waals surface area contributed by atoms with E-state index in [1.54, 1.807) is 7.11 Å². The zero-order valence-corrected chi connectivity index (χ0v) is 12.2. The van der Waals surface area contributed by atoms with Gasteiger partial charge in [-0.1, -0.05) is 18.6 Å². The van der Waals surface area contributed by atoms with Gasteiger partial charge in [0.1, 0.15) is 5.75 Å². The molecule has 1 amide bonds. The lowest BCUT2D eigenvalue weighted by Gasteiger charge is -2.23. The van der Waals surface area contributed by atoms with Crippen LogP contribution in [0.4, 0.5) is 0 Å². The third-order valence-corrected chi connectivity index (χ3v) is 3.76. The lowest BCUT2D eigenvalue weighted by molar-refractivity contribution is -0.121. The smallest absolute Gasteiger partial charge is 0.220 e. The van der Waals surface area contributed by atoms with E-state index < -0.39 is 0 Å². The second kappa shape index (κ2) is 7.90. The van der Waals surface area contributed by atoms with Crippen LogP contribution in [-0.4, -0.2) is 25.6 Å². The molecule has 2 rings (SSSR count). The van der Waals surface area contributed by atoms with Gasteiger partial charge >= 0.3 is 0 Å². The van der Waals surface area contributed by atoms with E-state index >= 15 is 0 Å². The Morgan fingerprint density at radius 3 is 3.10 bits per heavy atom.